The van der Waals surface area contributed by atoms with Gasteiger partial charge in [0.1, 0.15) is 6.61 Å². The topological polar surface area (TPSA) is 30.5 Å². The molecule has 0 radical (unpaired) electrons. The fraction of sp³-hybridized carbons (Fsp3) is 0.467. The molecule has 0 spiro atoms. The number of halogens is 2. The lowest BCUT2D eigenvalue weighted by molar-refractivity contribution is 0.325. The molecule has 0 saturated carbocycles. The molecule has 112 valence electrons. The molecule has 0 bridgehead atoms. The van der Waals surface area contributed by atoms with Gasteiger partial charge in [-0.05, 0) is 30.2 Å². The standard InChI is InChI=1S/C15H21BrClNO2/c1-10(2)7-18-8-12-5-13(17)15(14(6-12)19-4)20-9-11(3)16/h5-6,10,18H,3,7-9H2,1-2,4H3. The summed E-state index contributed by atoms with van der Waals surface area (Å²) in [6.07, 6.45) is 0. The van der Waals surface area contributed by atoms with Crippen LogP contribution in [0.5, 0.6) is 11.5 Å². The van der Waals surface area contributed by atoms with Gasteiger partial charge in [-0.2, -0.15) is 0 Å². The number of hydrogen-bond donors (Lipinski definition) is 1. The summed E-state index contributed by atoms with van der Waals surface area (Å²) in [5.41, 5.74) is 1.07. The maximum absolute atomic E-state index is 6.26. The van der Waals surface area contributed by atoms with Crippen LogP contribution in [0.15, 0.2) is 23.2 Å². The fourth-order valence-corrected chi connectivity index (χ4v) is 2.07. The monoisotopic (exact) mass is 361 g/mol. The Morgan fingerprint density at radius 3 is 2.70 bits per heavy atom. The van der Waals surface area contributed by atoms with Crippen LogP contribution in [-0.2, 0) is 6.54 Å². The Balaban J connectivity index is 2.81. The van der Waals surface area contributed by atoms with Gasteiger partial charge in [0, 0.05) is 11.0 Å². The molecule has 5 heteroatoms. The molecule has 3 nitrogen and oxygen atoms in total. The lowest BCUT2D eigenvalue weighted by Gasteiger charge is -2.14. The van der Waals surface area contributed by atoms with Crippen LogP contribution in [0.4, 0.5) is 0 Å². The summed E-state index contributed by atoms with van der Waals surface area (Å²) in [5, 5.41) is 3.91. The van der Waals surface area contributed by atoms with Gasteiger partial charge in [0.2, 0.25) is 0 Å². The first-order valence-corrected chi connectivity index (χ1v) is 7.64. The van der Waals surface area contributed by atoms with E-state index in [0.29, 0.717) is 29.0 Å². The molecule has 0 aliphatic heterocycles. The number of methoxy groups -OCH3 is 1. The second kappa shape index (κ2) is 8.55. The summed E-state index contributed by atoms with van der Waals surface area (Å²) in [6, 6.07) is 3.83. The zero-order valence-electron chi connectivity index (χ0n) is 12.1. The maximum atomic E-state index is 6.26. The minimum absolute atomic E-state index is 0.348. The normalized spacial score (nSPS) is 10.7. The van der Waals surface area contributed by atoms with Gasteiger partial charge < -0.3 is 14.8 Å². The highest BCUT2D eigenvalue weighted by Gasteiger charge is 2.12. The Morgan fingerprint density at radius 2 is 2.15 bits per heavy atom. The predicted molar refractivity (Wildman–Crippen MR) is 88.1 cm³/mol. The van der Waals surface area contributed by atoms with Crippen molar-refractivity contribution >= 4 is 27.5 Å². The van der Waals surface area contributed by atoms with Crippen molar-refractivity contribution in [3.8, 4) is 11.5 Å². The molecule has 0 unspecified atom stereocenters. The van der Waals surface area contributed by atoms with Crippen molar-refractivity contribution < 1.29 is 9.47 Å². The van der Waals surface area contributed by atoms with Crippen LogP contribution in [0.3, 0.4) is 0 Å². The van der Waals surface area contributed by atoms with Gasteiger partial charge in [-0.25, -0.2) is 0 Å². The highest BCUT2D eigenvalue weighted by atomic mass is 79.9. The molecule has 1 aromatic rings. The van der Waals surface area contributed by atoms with Crippen LogP contribution in [0.25, 0.3) is 0 Å². The van der Waals surface area contributed by atoms with Crippen molar-refractivity contribution in [3.63, 3.8) is 0 Å². The largest absolute Gasteiger partial charge is 0.493 e. The summed E-state index contributed by atoms with van der Waals surface area (Å²) in [6.45, 7) is 10.1. The van der Waals surface area contributed by atoms with E-state index in [0.717, 1.165) is 23.1 Å². The second-order valence-corrected chi connectivity index (χ2v) is 6.47. The predicted octanol–water partition coefficient (Wildman–Crippen LogP) is 4.38. The van der Waals surface area contributed by atoms with Crippen LogP contribution >= 0.6 is 27.5 Å². The third kappa shape index (κ3) is 5.73. The van der Waals surface area contributed by atoms with E-state index in [-0.39, 0.29) is 0 Å². The first-order chi connectivity index (χ1) is 9.43. The SMILES string of the molecule is C=C(Br)COc1c(Cl)cc(CNCC(C)C)cc1OC. The summed E-state index contributed by atoms with van der Waals surface area (Å²) < 4.78 is 11.7. The highest BCUT2D eigenvalue weighted by Crippen LogP contribution is 2.36. The summed E-state index contributed by atoms with van der Waals surface area (Å²) >= 11 is 9.51. The molecule has 1 aromatic carbocycles. The van der Waals surface area contributed by atoms with Crippen LogP contribution in [0.2, 0.25) is 5.02 Å². The highest BCUT2D eigenvalue weighted by molar-refractivity contribution is 9.11. The number of ether oxygens (including phenoxy) is 2. The van der Waals surface area contributed by atoms with E-state index in [2.05, 4.69) is 41.7 Å². The summed E-state index contributed by atoms with van der Waals surface area (Å²) in [7, 11) is 1.60. The van der Waals surface area contributed by atoms with E-state index in [1.165, 1.54) is 0 Å². The van der Waals surface area contributed by atoms with Crippen molar-refractivity contribution in [1.29, 1.82) is 0 Å². The van der Waals surface area contributed by atoms with E-state index in [1.54, 1.807) is 7.11 Å². The molecule has 0 aromatic heterocycles. The van der Waals surface area contributed by atoms with Crippen molar-refractivity contribution in [2.45, 2.75) is 20.4 Å². The van der Waals surface area contributed by atoms with E-state index >= 15 is 0 Å². The van der Waals surface area contributed by atoms with Crippen LogP contribution in [0, 0.1) is 5.92 Å². The Bertz CT molecular complexity index is 463. The fourth-order valence-electron chi connectivity index (χ4n) is 1.67. The van der Waals surface area contributed by atoms with Crippen molar-refractivity contribution in [3.05, 3.63) is 33.8 Å². The van der Waals surface area contributed by atoms with E-state index in [9.17, 15) is 0 Å². The number of rotatable bonds is 8. The van der Waals surface area contributed by atoms with E-state index in [1.807, 2.05) is 12.1 Å². The van der Waals surface area contributed by atoms with Gasteiger partial charge in [-0.15, -0.1) is 0 Å². The third-order valence-electron chi connectivity index (χ3n) is 2.54. The van der Waals surface area contributed by atoms with Crippen LogP contribution in [0.1, 0.15) is 19.4 Å². The maximum Gasteiger partial charge on any atom is 0.180 e. The molecule has 20 heavy (non-hydrogen) atoms. The van der Waals surface area contributed by atoms with Crippen molar-refractivity contribution in [1.82, 2.24) is 5.32 Å². The van der Waals surface area contributed by atoms with Crippen molar-refractivity contribution in [2.75, 3.05) is 20.3 Å². The first-order valence-electron chi connectivity index (χ1n) is 6.47. The molecule has 0 atom stereocenters. The van der Waals surface area contributed by atoms with E-state index in [4.69, 9.17) is 21.1 Å². The van der Waals surface area contributed by atoms with Crippen LogP contribution < -0.4 is 14.8 Å². The Hall–Kier alpha value is -0.710. The Labute approximate surface area is 134 Å². The number of hydrogen-bond acceptors (Lipinski definition) is 3. The van der Waals surface area contributed by atoms with Gasteiger partial charge >= 0.3 is 0 Å². The Morgan fingerprint density at radius 1 is 1.45 bits per heavy atom. The van der Waals surface area contributed by atoms with Gasteiger partial charge in [-0.3, -0.25) is 0 Å². The average molecular weight is 363 g/mol. The molecule has 1 rings (SSSR count). The van der Waals surface area contributed by atoms with Gasteiger partial charge in [0.15, 0.2) is 11.5 Å². The average Bonchev–Trinajstić information content (AvgIpc) is 2.36. The molecule has 1 N–H and O–H groups in total. The quantitative estimate of drug-likeness (QED) is 0.744. The molecular weight excluding hydrogens is 342 g/mol. The van der Waals surface area contributed by atoms with E-state index < -0.39 is 0 Å². The smallest absolute Gasteiger partial charge is 0.180 e. The molecule has 0 fully saturated rings. The minimum atomic E-state index is 0.348. The zero-order chi connectivity index (χ0) is 15.1. The molecule has 0 heterocycles. The van der Waals surface area contributed by atoms with Gasteiger partial charge in [0.25, 0.3) is 0 Å². The summed E-state index contributed by atoms with van der Waals surface area (Å²) in [5.74, 6) is 1.79. The Kier molecular flexibility index (Phi) is 7.41. The first kappa shape index (κ1) is 17.3. The molecule has 0 aliphatic carbocycles. The van der Waals surface area contributed by atoms with Gasteiger partial charge in [-0.1, -0.05) is 48.0 Å². The molecular formula is C15H21BrClNO2. The lowest BCUT2D eigenvalue weighted by atomic mass is 10.1. The van der Waals surface area contributed by atoms with Crippen molar-refractivity contribution in [2.24, 2.45) is 5.92 Å². The molecule has 0 aliphatic rings. The van der Waals surface area contributed by atoms with Crippen LogP contribution in [-0.4, -0.2) is 20.3 Å². The molecule has 0 saturated heterocycles. The third-order valence-corrected chi connectivity index (χ3v) is 3.05. The second-order valence-electron chi connectivity index (χ2n) is 4.94. The molecule has 0 amide bonds. The lowest BCUT2D eigenvalue weighted by Crippen LogP contribution is -2.19. The number of nitrogens with one attached hydrogen (secondary N) is 1. The summed E-state index contributed by atoms with van der Waals surface area (Å²) in [4.78, 5) is 0. The zero-order valence-corrected chi connectivity index (χ0v) is 14.5. The minimum Gasteiger partial charge on any atom is -0.493 e. The number of benzene rings is 1. The van der Waals surface area contributed by atoms with Gasteiger partial charge in [0.05, 0.1) is 12.1 Å².